The van der Waals surface area contributed by atoms with E-state index < -0.39 is 0 Å². The third-order valence-electron chi connectivity index (χ3n) is 3.07. The molecule has 1 N–H and O–H groups in total. The summed E-state index contributed by atoms with van der Waals surface area (Å²) < 4.78 is 2.04. The van der Waals surface area contributed by atoms with Gasteiger partial charge in [0.05, 0.1) is 0 Å². The molecule has 1 fully saturated rings. The standard InChI is InChI=1S/C12H17N3/c13-10-12-5-3-8-15(12)9-6-11-4-1-2-7-14-11/h3,5,8,11,14H,1-2,4,6-7,9H2. The Morgan fingerprint density at radius 3 is 3.20 bits per heavy atom. The van der Waals surface area contributed by atoms with Crippen LogP contribution in [-0.2, 0) is 6.54 Å². The lowest BCUT2D eigenvalue weighted by Gasteiger charge is -2.23. The molecule has 1 aromatic rings. The minimum atomic E-state index is 0.646. The quantitative estimate of drug-likeness (QED) is 0.815. The Bertz CT molecular complexity index is 342. The van der Waals surface area contributed by atoms with E-state index >= 15 is 0 Å². The molecular weight excluding hydrogens is 186 g/mol. The highest BCUT2D eigenvalue weighted by Gasteiger charge is 2.12. The Balaban J connectivity index is 1.85. The SMILES string of the molecule is N#Cc1cccn1CCC1CCCCN1. The summed E-state index contributed by atoms with van der Waals surface area (Å²) in [6, 6.07) is 6.66. The normalized spacial score (nSPS) is 21.1. The first-order valence-electron chi connectivity index (χ1n) is 5.69. The third kappa shape index (κ3) is 2.60. The zero-order valence-corrected chi connectivity index (χ0v) is 8.95. The lowest BCUT2D eigenvalue weighted by atomic mass is 10.0. The highest BCUT2D eigenvalue weighted by Crippen LogP contribution is 2.12. The van der Waals surface area contributed by atoms with Crippen LogP contribution in [0, 0.1) is 11.3 Å². The maximum absolute atomic E-state index is 8.86. The van der Waals surface area contributed by atoms with Crippen LogP contribution in [0.15, 0.2) is 18.3 Å². The van der Waals surface area contributed by atoms with Gasteiger partial charge in [-0.15, -0.1) is 0 Å². The zero-order valence-electron chi connectivity index (χ0n) is 8.95. The van der Waals surface area contributed by atoms with E-state index in [2.05, 4.69) is 11.4 Å². The van der Waals surface area contributed by atoms with Crippen LogP contribution in [0.2, 0.25) is 0 Å². The summed E-state index contributed by atoms with van der Waals surface area (Å²) in [5.74, 6) is 0. The number of hydrogen-bond acceptors (Lipinski definition) is 2. The van der Waals surface area contributed by atoms with Gasteiger partial charge >= 0.3 is 0 Å². The van der Waals surface area contributed by atoms with Crippen LogP contribution in [0.1, 0.15) is 31.4 Å². The van der Waals surface area contributed by atoms with E-state index in [4.69, 9.17) is 5.26 Å². The van der Waals surface area contributed by atoms with Crippen LogP contribution >= 0.6 is 0 Å². The van der Waals surface area contributed by atoms with E-state index in [-0.39, 0.29) is 0 Å². The molecule has 2 heterocycles. The molecular formula is C12H17N3. The van der Waals surface area contributed by atoms with Crippen LogP contribution in [-0.4, -0.2) is 17.2 Å². The van der Waals surface area contributed by atoms with Crippen LogP contribution in [0.4, 0.5) is 0 Å². The maximum atomic E-state index is 8.86. The number of nitrogens with zero attached hydrogens (tertiary/aromatic N) is 2. The number of piperidine rings is 1. The first-order chi connectivity index (χ1) is 7.40. The average Bonchev–Trinajstić information content (AvgIpc) is 2.75. The zero-order chi connectivity index (χ0) is 10.5. The van der Waals surface area contributed by atoms with E-state index in [1.165, 1.54) is 19.3 Å². The van der Waals surface area contributed by atoms with Gasteiger partial charge in [-0.2, -0.15) is 5.26 Å². The van der Waals surface area contributed by atoms with Gasteiger partial charge in [0, 0.05) is 18.8 Å². The number of nitriles is 1. The molecule has 0 radical (unpaired) electrons. The fraction of sp³-hybridized carbons (Fsp3) is 0.583. The monoisotopic (exact) mass is 203 g/mol. The highest BCUT2D eigenvalue weighted by molar-refractivity contribution is 5.21. The van der Waals surface area contributed by atoms with Crippen LogP contribution < -0.4 is 5.32 Å². The molecule has 0 bridgehead atoms. The van der Waals surface area contributed by atoms with Crippen LogP contribution in [0.25, 0.3) is 0 Å². The van der Waals surface area contributed by atoms with Gasteiger partial charge in [0.2, 0.25) is 0 Å². The van der Waals surface area contributed by atoms with Crippen molar-refractivity contribution in [3.8, 4) is 6.07 Å². The van der Waals surface area contributed by atoms with Gasteiger partial charge in [-0.25, -0.2) is 0 Å². The Hall–Kier alpha value is -1.27. The smallest absolute Gasteiger partial charge is 0.120 e. The number of aromatic nitrogens is 1. The molecule has 1 atom stereocenters. The molecule has 1 aromatic heterocycles. The van der Waals surface area contributed by atoms with E-state index in [0.717, 1.165) is 25.2 Å². The van der Waals surface area contributed by atoms with Crippen molar-refractivity contribution in [1.29, 1.82) is 5.26 Å². The molecule has 3 nitrogen and oxygen atoms in total. The number of rotatable bonds is 3. The average molecular weight is 203 g/mol. The Labute approximate surface area is 90.7 Å². The topological polar surface area (TPSA) is 40.8 Å². The van der Waals surface area contributed by atoms with Gasteiger partial charge < -0.3 is 9.88 Å². The molecule has 1 unspecified atom stereocenters. The summed E-state index contributed by atoms with van der Waals surface area (Å²) >= 11 is 0. The minimum absolute atomic E-state index is 0.646. The van der Waals surface area contributed by atoms with Crippen molar-refractivity contribution in [2.24, 2.45) is 0 Å². The molecule has 1 saturated heterocycles. The summed E-state index contributed by atoms with van der Waals surface area (Å²) in [5.41, 5.74) is 0.769. The molecule has 0 amide bonds. The van der Waals surface area contributed by atoms with Crippen molar-refractivity contribution in [2.45, 2.75) is 38.3 Å². The van der Waals surface area contributed by atoms with Crippen LogP contribution in [0.3, 0.4) is 0 Å². The molecule has 0 aromatic carbocycles. The molecule has 80 valence electrons. The number of hydrogen-bond donors (Lipinski definition) is 1. The van der Waals surface area contributed by atoms with Crippen molar-refractivity contribution in [3.63, 3.8) is 0 Å². The fourth-order valence-corrected chi connectivity index (χ4v) is 2.18. The molecule has 0 aliphatic carbocycles. The Morgan fingerprint density at radius 2 is 2.47 bits per heavy atom. The molecule has 15 heavy (non-hydrogen) atoms. The molecule has 1 aliphatic heterocycles. The van der Waals surface area contributed by atoms with Gasteiger partial charge in [-0.3, -0.25) is 0 Å². The predicted octanol–water partition coefficient (Wildman–Crippen LogP) is 1.89. The second-order valence-corrected chi connectivity index (χ2v) is 4.13. The Kier molecular flexibility index (Phi) is 3.41. The van der Waals surface area contributed by atoms with Gasteiger partial charge in [0.1, 0.15) is 11.8 Å². The number of aryl methyl sites for hydroxylation is 1. The van der Waals surface area contributed by atoms with Crippen molar-refractivity contribution < 1.29 is 0 Å². The van der Waals surface area contributed by atoms with Crippen LogP contribution in [0.5, 0.6) is 0 Å². The Morgan fingerprint density at radius 1 is 1.53 bits per heavy atom. The summed E-state index contributed by atoms with van der Waals surface area (Å²) in [7, 11) is 0. The van der Waals surface area contributed by atoms with Gasteiger partial charge in [-0.1, -0.05) is 6.42 Å². The summed E-state index contributed by atoms with van der Waals surface area (Å²) in [6.45, 7) is 2.11. The predicted molar refractivity (Wildman–Crippen MR) is 59.4 cm³/mol. The summed E-state index contributed by atoms with van der Waals surface area (Å²) in [5, 5.41) is 12.4. The molecule has 1 aliphatic rings. The molecule has 3 heteroatoms. The van der Waals surface area contributed by atoms with Crippen molar-refractivity contribution >= 4 is 0 Å². The molecule has 0 spiro atoms. The summed E-state index contributed by atoms with van der Waals surface area (Å²) in [6.07, 6.45) is 7.05. The second kappa shape index (κ2) is 4.99. The van der Waals surface area contributed by atoms with Crippen molar-refractivity contribution in [1.82, 2.24) is 9.88 Å². The van der Waals surface area contributed by atoms with E-state index in [1.54, 1.807) is 0 Å². The second-order valence-electron chi connectivity index (χ2n) is 4.13. The minimum Gasteiger partial charge on any atom is -0.339 e. The van der Waals surface area contributed by atoms with E-state index in [1.807, 2.05) is 22.9 Å². The molecule has 0 saturated carbocycles. The van der Waals surface area contributed by atoms with Gasteiger partial charge in [0.15, 0.2) is 0 Å². The molecule has 2 rings (SSSR count). The largest absolute Gasteiger partial charge is 0.339 e. The lowest BCUT2D eigenvalue weighted by molar-refractivity contribution is 0.366. The van der Waals surface area contributed by atoms with E-state index in [0.29, 0.717) is 6.04 Å². The first-order valence-corrected chi connectivity index (χ1v) is 5.69. The third-order valence-corrected chi connectivity index (χ3v) is 3.07. The lowest BCUT2D eigenvalue weighted by Crippen LogP contribution is -2.34. The van der Waals surface area contributed by atoms with Gasteiger partial charge in [-0.05, 0) is 37.9 Å². The van der Waals surface area contributed by atoms with Crippen molar-refractivity contribution in [2.75, 3.05) is 6.54 Å². The van der Waals surface area contributed by atoms with E-state index in [9.17, 15) is 0 Å². The fourth-order valence-electron chi connectivity index (χ4n) is 2.18. The first kappa shape index (κ1) is 10.3. The number of nitrogens with one attached hydrogen (secondary N) is 1. The van der Waals surface area contributed by atoms with Crippen molar-refractivity contribution in [3.05, 3.63) is 24.0 Å². The maximum Gasteiger partial charge on any atom is 0.120 e. The highest BCUT2D eigenvalue weighted by atomic mass is 15.0. The summed E-state index contributed by atoms with van der Waals surface area (Å²) in [4.78, 5) is 0. The van der Waals surface area contributed by atoms with Gasteiger partial charge in [0.25, 0.3) is 0 Å².